The van der Waals surface area contributed by atoms with Gasteiger partial charge in [0.1, 0.15) is 4.60 Å². The predicted octanol–water partition coefficient (Wildman–Crippen LogP) is 2.80. The van der Waals surface area contributed by atoms with Crippen LogP contribution in [0.4, 0.5) is 0 Å². The first kappa shape index (κ1) is 13.1. The molecule has 1 aromatic carbocycles. The lowest BCUT2D eigenvalue weighted by Gasteiger charge is -2.13. The zero-order valence-electron chi connectivity index (χ0n) is 11.1. The van der Waals surface area contributed by atoms with Crippen LogP contribution < -0.4 is 5.69 Å². The molecule has 2 aromatic heterocycles. The van der Waals surface area contributed by atoms with Crippen LogP contribution in [0.3, 0.4) is 0 Å². The largest absolute Gasteiger partial charge is 0.329 e. The number of aromatic nitrogens is 4. The fourth-order valence-electron chi connectivity index (χ4n) is 2.24. The van der Waals surface area contributed by atoms with Gasteiger partial charge in [-0.1, -0.05) is 30.3 Å². The highest BCUT2D eigenvalue weighted by Gasteiger charge is 2.17. The second-order valence-corrected chi connectivity index (χ2v) is 5.41. The lowest BCUT2D eigenvalue weighted by molar-refractivity contribution is 0.630. The highest BCUT2D eigenvalue weighted by atomic mass is 79.9. The molecule has 3 aromatic rings. The highest BCUT2D eigenvalue weighted by molar-refractivity contribution is 9.10. The van der Waals surface area contributed by atoms with Crippen molar-refractivity contribution in [1.29, 1.82) is 0 Å². The van der Waals surface area contributed by atoms with E-state index in [9.17, 15) is 4.79 Å². The Morgan fingerprint density at radius 3 is 2.65 bits per heavy atom. The van der Waals surface area contributed by atoms with Crippen LogP contribution in [-0.4, -0.2) is 19.5 Å². The molecule has 5 nitrogen and oxygen atoms in total. The van der Waals surface area contributed by atoms with Crippen molar-refractivity contribution in [1.82, 2.24) is 19.5 Å². The predicted molar refractivity (Wildman–Crippen MR) is 80.8 cm³/mol. The normalized spacial score (nSPS) is 12.8. The quantitative estimate of drug-likeness (QED) is 0.784. The van der Waals surface area contributed by atoms with Crippen LogP contribution in [0, 0.1) is 6.92 Å². The lowest BCUT2D eigenvalue weighted by Crippen LogP contribution is -2.21. The molecule has 0 fully saturated rings. The number of aromatic amines is 1. The van der Waals surface area contributed by atoms with E-state index in [0.717, 1.165) is 11.3 Å². The summed E-state index contributed by atoms with van der Waals surface area (Å²) in [4.78, 5) is 23.7. The molecule has 0 amide bonds. The first-order chi connectivity index (χ1) is 9.58. The molecule has 0 unspecified atom stereocenters. The number of rotatable bonds is 2. The maximum absolute atomic E-state index is 12.2. The van der Waals surface area contributed by atoms with Crippen molar-refractivity contribution >= 4 is 27.2 Å². The smallest absolute Gasteiger partial charge is 0.289 e. The zero-order valence-corrected chi connectivity index (χ0v) is 12.7. The van der Waals surface area contributed by atoms with Gasteiger partial charge in [-0.25, -0.2) is 14.8 Å². The Morgan fingerprint density at radius 1 is 1.25 bits per heavy atom. The minimum absolute atomic E-state index is 0.110. The Labute approximate surface area is 123 Å². The summed E-state index contributed by atoms with van der Waals surface area (Å²) in [5.74, 6) is 0. The van der Waals surface area contributed by atoms with E-state index in [2.05, 4.69) is 30.9 Å². The maximum atomic E-state index is 12.2. The molecule has 0 aliphatic carbocycles. The number of imidazole rings is 1. The summed E-state index contributed by atoms with van der Waals surface area (Å²) < 4.78 is 2.28. The summed E-state index contributed by atoms with van der Waals surface area (Å²) in [5, 5.41) is 0. The van der Waals surface area contributed by atoms with Crippen molar-refractivity contribution in [2.75, 3.05) is 0 Å². The molecule has 102 valence electrons. The topological polar surface area (TPSA) is 63.6 Å². The van der Waals surface area contributed by atoms with Crippen LogP contribution >= 0.6 is 15.9 Å². The van der Waals surface area contributed by atoms with E-state index in [-0.39, 0.29) is 11.7 Å². The molecule has 0 saturated carbocycles. The van der Waals surface area contributed by atoms with Crippen molar-refractivity contribution in [3.63, 3.8) is 0 Å². The van der Waals surface area contributed by atoms with Crippen molar-refractivity contribution in [3.8, 4) is 0 Å². The van der Waals surface area contributed by atoms with Crippen molar-refractivity contribution < 1.29 is 0 Å². The molecule has 0 aliphatic rings. The molecular formula is C14H13BrN4O. The number of nitrogens with zero attached hydrogens (tertiary/aromatic N) is 3. The van der Waals surface area contributed by atoms with Gasteiger partial charge in [0.25, 0.3) is 0 Å². The van der Waals surface area contributed by atoms with Crippen LogP contribution in [0.1, 0.15) is 24.2 Å². The molecule has 2 heterocycles. The Kier molecular flexibility index (Phi) is 3.17. The van der Waals surface area contributed by atoms with Gasteiger partial charge in [0.05, 0.1) is 11.7 Å². The summed E-state index contributed by atoms with van der Waals surface area (Å²) in [5.41, 5.74) is 2.67. The van der Waals surface area contributed by atoms with Gasteiger partial charge in [-0.15, -0.1) is 0 Å². The van der Waals surface area contributed by atoms with Crippen LogP contribution in [0.25, 0.3) is 11.3 Å². The van der Waals surface area contributed by atoms with Crippen molar-refractivity contribution in [2.24, 2.45) is 0 Å². The third-order valence-electron chi connectivity index (χ3n) is 3.34. The van der Waals surface area contributed by atoms with Crippen molar-refractivity contribution in [2.45, 2.75) is 19.9 Å². The Bertz CT molecular complexity index is 822. The Morgan fingerprint density at radius 2 is 1.95 bits per heavy atom. The average molecular weight is 333 g/mol. The minimum Gasteiger partial charge on any atom is -0.289 e. The van der Waals surface area contributed by atoms with Gasteiger partial charge in [0.15, 0.2) is 11.3 Å². The standard InChI is InChI=1S/C14H13BrN4O/c1-8-11(15)17-13-12(16-8)18-14(20)19(13)9(2)10-6-4-3-5-7-10/h3-7,9H,1-2H3,(H,16,18,20)/t9-/m0/s1. The first-order valence-corrected chi connectivity index (χ1v) is 7.06. The number of fused-ring (bicyclic) bond motifs is 1. The third-order valence-corrected chi connectivity index (χ3v) is 4.09. The van der Waals surface area contributed by atoms with Gasteiger partial charge < -0.3 is 0 Å². The Balaban J connectivity index is 2.24. The highest BCUT2D eigenvalue weighted by Crippen LogP contribution is 2.21. The van der Waals surface area contributed by atoms with Crippen LogP contribution in [0.5, 0.6) is 0 Å². The van der Waals surface area contributed by atoms with Gasteiger partial charge in [0, 0.05) is 0 Å². The number of halogens is 1. The molecule has 0 spiro atoms. The monoisotopic (exact) mass is 332 g/mol. The molecular weight excluding hydrogens is 320 g/mol. The zero-order chi connectivity index (χ0) is 14.3. The molecule has 0 bridgehead atoms. The lowest BCUT2D eigenvalue weighted by atomic mass is 10.1. The van der Waals surface area contributed by atoms with E-state index in [0.29, 0.717) is 15.9 Å². The number of benzene rings is 1. The van der Waals surface area contributed by atoms with Crippen LogP contribution in [-0.2, 0) is 0 Å². The molecule has 0 aliphatic heterocycles. The van der Waals surface area contributed by atoms with E-state index in [1.54, 1.807) is 4.57 Å². The SMILES string of the molecule is Cc1nc2[nH]c(=O)n([C@@H](C)c3ccccc3)c2nc1Br. The minimum atomic E-state index is -0.200. The average Bonchev–Trinajstić information content (AvgIpc) is 2.75. The summed E-state index contributed by atoms with van der Waals surface area (Å²) in [7, 11) is 0. The van der Waals surface area contributed by atoms with E-state index in [1.165, 1.54) is 0 Å². The fraction of sp³-hybridized carbons (Fsp3) is 0.214. The first-order valence-electron chi connectivity index (χ1n) is 6.27. The number of hydrogen-bond acceptors (Lipinski definition) is 3. The van der Waals surface area contributed by atoms with Crippen LogP contribution in [0.2, 0.25) is 0 Å². The van der Waals surface area contributed by atoms with E-state index >= 15 is 0 Å². The molecule has 0 radical (unpaired) electrons. The number of aryl methyl sites for hydroxylation is 1. The second kappa shape index (κ2) is 4.86. The number of nitrogens with one attached hydrogen (secondary N) is 1. The maximum Gasteiger partial charge on any atom is 0.329 e. The summed E-state index contributed by atoms with van der Waals surface area (Å²) in [6.07, 6.45) is 0. The van der Waals surface area contributed by atoms with E-state index in [4.69, 9.17) is 0 Å². The van der Waals surface area contributed by atoms with E-state index in [1.807, 2.05) is 44.2 Å². The van der Waals surface area contributed by atoms with Crippen LogP contribution in [0.15, 0.2) is 39.7 Å². The van der Waals surface area contributed by atoms with Gasteiger partial charge in [-0.2, -0.15) is 0 Å². The number of hydrogen-bond donors (Lipinski definition) is 1. The molecule has 3 rings (SSSR count). The summed E-state index contributed by atoms with van der Waals surface area (Å²) in [6, 6.07) is 9.74. The van der Waals surface area contributed by atoms with Gasteiger partial charge in [-0.3, -0.25) is 9.55 Å². The molecule has 0 saturated heterocycles. The molecule has 6 heteroatoms. The van der Waals surface area contributed by atoms with Gasteiger partial charge in [-0.05, 0) is 35.3 Å². The van der Waals surface area contributed by atoms with E-state index < -0.39 is 0 Å². The third kappa shape index (κ3) is 2.06. The van der Waals surface area contributed by atoms with Gasteiger partial charge >= 0.3 is 5.69 Å². The summed E-state index contributed by atoms with van der Waals surface area (Å²) >= 11 is 3.36. The Hall–Kier alpha value is -1.95. The fourth-order valence-corrected chi connectivity index (χ4v) is 2.50. The molecule has 1 N–H and O–H groups in total. The second-order valence-electron chi connectivity index (χ2n) is 4.66. The summed E-state index contributed by atoms with van der Waals surface area (Å²) in [6.45, 7) is 3.81. The number of H-pyrrole nitrogens is 1. The van der Waals surface area contributed by atoms with Gasteiger partial charge in [0.2, 0.25) is 0 Å². The van der Waals surface area contributed by atoms with Crippen molar-refractivity contribution in [3.05, 3.63) is 56.7 Å². The molecule has 20 heavy (non-hydrogen) atoms. The molecule has 1 atom stereocenters.